The smallest absolute Gasteiger partial charge is 0.325 e. The van der Waals surface area contributed by atoms with Gasteiger partial charge in [0.2, 0.25) is 5.91 Å². The van der Waals surface area contributed by atoms with Crippen molar-refractivity contribution >= 4 is 23.3 Å². The summed E-state index contributed by atoms with van der Waals surface area (Å²) in [6.07, 6.45) is 0. The minimum atomic E-state index is -0.502. The lowest BCUT2D eigenvalue weighted by atomic mass is 10.1. The summed E-state index contributed by atoms with van der Waals surface area (Å²) < 4.78 is 5.73. The Morgan fingerprint density at radius 2 is 1.73 bits per heavy atom. The summed E-state index contributed by atoms with van der Waals surface area (Å²) in [7, 11) is 0. The normalized spacial score (nSPS) is 14.3. The van der Waals surface area contributed by atoms with E-state index in [9.17, 15) is 9.59 Å². The van der Waals surface area contributed by atoms with Crippen molar-refractivity contribution in [2.75, 3.05) is 49.5 Å². The van der Waals surface area contributed by atoms with Gasteiger partial charge in [-0.25, -0.2) is 4.79 Å². The van der Waals surface area contributed by atoms with Gasteiger partial charge >= 0.3 is 6.03 Å². The highest BCUT2D eigenvalue weighted by molar-refractivity contribution is 6.02. The molecule has 7 heteroatoms. The van der Waals surface area contributed by atoms with Crippen LogP contribution in [-0.4, -0.2) is 56.2 Å². The molecular weight excluding hydrogens is 380 g/mol. The fraction of sp³-hybridized carbons (Fsp3) is 0.391. The monoisotopic (exact) mass is 410 g/mol. The molecule has 160 valence electrons. The molecule has 30 heavy (non-hydrogen) atoms. The second kappa shape index (κ2) is 10.1. The fourth-order valence-corrected chi connectivity index (χ4v) is 3.55. The standard InChI is InChI=1S/C23H30N4O3/c1-4-30-21-11-6-5-10-20(21)27-14-12-26(13-15-27)16-22(28)25-23(29)24-19-9-7-8-17(2)18(19)3/h5-11H,4,12-16H2,1-3H3,(H2,24,25,28,29). The number of benzene rings is 2. The number of carbonyl (C=O) groups is 2. The van der Waals surface area contributed by atoms with Crippen LogP contribution in [0.25, 0.3) is 0 Å². The Morgan fingerprint density at radius 1 is 1.00 bits per heavy atom. The van der Waals surface area contributed by atoms with Crippen LogP contribution in [0.4, 0.5) is 16.2 Å². The number of hydrogen-bond donors (Lipinski definition) is 2. The van der Waals surface area contributed by atoms with Crippen LogP contribution in [0.5, 0.6) is 5.75 Å². The van der Waals surface area contributed by atoms with Crippen molar-refractivity contribution in [1.82, 2.24) is 10.2 Å². The molecular formula is C23H30N4O3. The highest BCUT2D eigenvalue weighted by Crippen LogP contribution is 2.28. The highest BCUT2D eigenvalue weighted by atomic mass is 16.5. The number of anilines is 2. The minimum Gasteiger partial charge on any atom is -0.492 e. The Labute approximate surface area is 178 Å². The van der Waals surface area contributed by atoms with E-state index in [1.165, 1.54) is 0 Å². The van der Waals surface area contributed by atoms with Gasteiger partial charge in [-0.15, -0.1) is 0 Å². The first-order valence-corrected chi connectivity index (χ1v) is 10.3. The molecule has 1 saturated heterocycles. The van der Waals surface area contributed by atoms with Crippen LogP contribution in [0, 0.1) is 13.8 Å². The molecule has 0 unspecified atom stereocenters. The molecule has 1 heterocycles. The van der Waals surface area contributed by atoms with Gasteiger partial charge in [0.15, 0.2) is 0 Å². The lowest BCUT2D eigenvalue weighted by Crippen LogP contribution is -2.50. The number of carbonyl (C=O) groups excluding carboxylic acids is 2. The molecule has 0 atom stereocenters. The predicted molar refractivity (Wildman–Crippen MR) is 119 cm³/mol. The van der Waals surface area contributed by atoms with Crippen LogP contribution in [0.2, 0.25) is 0 Å². The number of nitrogens with zero attached hydrogens (tertiary/aromatic N) is 2. The zero-order valence-electron chi connectivity index (χ0n) is 17.9. The molecule has 0 spiro atoms. The maximum atomic E-state index is 12.3. The van der Waals surface area contributed by atoms with E-state index < -0.39 is 6.03 Å². The van der Waals surface area contributed by atoms with Crippen LogP contribution < -0.4 is 20.3 Å². The Kier molecular flexibility index (Phi) is 7.30. The van der Waals surface area contributed by atoms with Gasteiger partial charge in [-0.3, -0.25) is 15.0 Å². The molecule has 0 bridgehead atoms. The molecule has 1 aliphatic heterocycles. The Hall–Kier alpha value is -3.06. The third-order valence-electron chi connectivity index (χ3n) is 5.35. The summed E-state index contributed by atoms with van der Waals surface area (Å²) in [6.45, 7) is 9.80. The number of aryl methyl sites for hydroxylation is 1. The van der Waals surface area contributed by atoms with Crippen LogP contribution in [0.15, 0.2) is 42.5 Å². The molecule has 0 radical (unpaired) electrons. The van der Waals surface area contributed by atoms with Crippen molar-refractivity contribution in [2.24, 2.45) is 0 Å². The summed E-state index contributed by atoms with van der Waals surface area (Å²) in [4.78, 5) is 28.8. The fourth-order valence-electron chi connectivity index (χ4n) is 3.55. The van der Waals surface area contributed by atoms with E-state index in [-0.39, 0.29) is 12.5 Å². The molecule has 1 fully saturated rings. The Bertz CT molecular complexity index is 892. The second-order valence-electron chi connectivity index (χ2n) is 7.41. The van der Waals surface area contributed by atoms with E-state index in [4.69, 9.17) is 4.74 Å². The summed E-state index contributed by atoms with van der Waals surface area (Å²) in [5.74, 6) is 0.579. The third-order valence-corrected chi connectivity index (χ3v) is 5.35. The topological polar surface area (TPSA) is 73.9 Å². The van der Waals surface area contributed by atoms with Crippen LogP contribution in [0.3, 0.4) is 0 Å². The molecule has 1 aliphatic rings. The summed E-state index contributed by atoms with van der Waals surface area (Å²) >= 11 is 0. The van der Waals surface area contributed by atoms with Gasteiger partial charge in [0.25, 0.3) is 0 Å². The maximum absolute atomic E-state index is 12.3. The van der Waals surface area contributed by atoms with E-state index >= 15 is 0 Å². The number of nitrogens with one attached hydrogen (secondary N) is 2. The number of urea groups is 1. The highest BCUT2D eigenvalue weighted by Gasteiger charge is 2.22. The summed E-state index contributed by atoms with van der Waals surface area (Å²) in [5, 5.41) is 5.18. The van der Waals surface area contributed by atoms with Crippen LogP contribution in [-0.2, 0) is 4.79 Å². The number of para-hydroxylation sites is 2. The van der Waals surface area contributed by atoms with E-state index in [0.29, 0.717) is 12.3 Å². The first kappa shape index (κ1) is 21.6. The summed E-state index contributed by atoms with van der Waals surface area (Å²) in [5.41, 5.74) is 3.87. The molecule has 7 nitrogen and oxygen atoms in total. The largest absolute Gasteiger partial charge is 0.492 e. The van der Waals surface area contributed by atoms with E-state index in [1.54, 1.807) is 0 Å². The molecule has 3 rings (SSSR count). The maximum Gasteiger partial charge on any atom is 0.325 e. The summed E-state index contributed by atoms with van der Waals surface area (Å²) in [6, 6.07) is 13.2. The van der Waals surface area contributed by atoms with Gasteiger partial charge in [0, 0.05) is 31.9 Å². The Morgan fingerprint density at radius 3 is 2.47 bits per heavy atom. The van der Waals surface area contributed by atoms with Crippen molar-refractivity contribution in [1.29, 1.82) is 0 Å². The average Bonchev–Trinajstić information content (AvgIpc) is 2.72. The number of rotatable bonds is 6. The molecule has 0 aliphatic carbocycles. The SMILES string of the molecule is CCOc1ccccc1N1CCN(CC(=O)NC(=O)Nc2cccc(C)c2C)CC1. The number of imide groups is 1. The van der Waals surface area contributed by atoms with E-state index in [0.717, 1.165) is 48.7 Å². The first-order valence-electron chi connectivity index (χ1n) is 10.3. The third kappa shape index (κ3) is 5.51. The average molecular weight is 411 g/mol. The van der Waals surface area contributed by atoms with Crippen molar-refractivity contribution in [3.05, 3.63) is 53.6 Å². The molecule has 0 saturated carbocycles. The van der Waals surface area contributed by atoms with Gasteiger partial charge in [-0.05, 0) is 50.1 Å². The molecule has 2 N–H and O–H groups in total. The van der Waals surface area contributed by atoms with E-state index in [1.807, 2.05) is 57.2 Å². The molecule has 2 aromatic rings. The number of amides is 3. The number of ether oxygens (including phenoxy) is 1. The number of piperazine rings is 1. The lowest BCUT2D eigenvalue weighted by molar-refractivity contribution is -0.121. The lowest BCUT2D eigenvalue weighted by Gasteiger charge is -2.36. The van der Waals surface area contributed by atoms with E-state index in [2.05, 4.69) is 26.5 Å². The van der Waals surface area contributed by atoms with Crippen molar-refractivity contribution in [3.63, 3.8) is 0 Å². The van der Waals surface area contributed by atoms with Crippen molar-refractivity contribution in [3.8, 4) is 5.75 Å². The second-order valence-corrected chi connectivity index (χ2v) is 7.41. The van der Waals surface area contributed by atoms with Crippen molar-refractivity contribution in [2.45, 2.75) is 20.8 Å². The van der Waals surface area contributed by atoms with Crippen molar-refractivity contribution < 1.29 is 14.3 Å². The van der Waals surface area contributed by atoms with Gasteiger partial charge in [-0.1, -0.05) is 24.3 Å². The van der Waals surface area contributed by atoms with Gasteiger partial charge in [0.1, 0.15) is 5.75 Å². The van der Waals surface area contributed by atoms with Gasteiger partial charge < -0.3 is 15.0 Å². The van der Waals surface area contributed by atoms with Gasteiger partial charge in [-0.2, -0.15) is 0 Å². The quantitative estimate of drug-likeness (QED) is 0.765. The predicted octanol–water partition coefficient (Wildman–Crippen LogP) is 3.17. The molecule has 0 aromatic heterocycles. The van der Waals surface area contributed by atoms with Crippen LogP contribution >= 0.6 is 0 Å². The molecule has 3 amide bonds. The minimum absolute atomic E-state index is 0.196. The zero-order chi connectivity index (χ0) is 21.5. The first-order chi connectivity index (χ1) is 14.5. The number of hydrogen-bond acceptors (Lipinski definition) is 5. The molecule has 2 aromatic carbocycles. The Balaban J connectivity index is 1.47. The zero-order valence-corrected chi connectivity index (χ0v) is 17.9. The van der Waals surface area contributed by atoms with Gasteiger partial charge in [0.05, 0.1) is 18.8 Å². The van der Waals surface area contributed by atoms with Crippen LogP contribution in [0.1, 0.15) is 18.1 Å².